The minimum atomic E-state index is -0.148. The molecule has 0 atom stereocenters. The number of thioether (sulfide) groups is 1. The molecule has 23 heavy (non-hydrogen) atoms. The fourth-order valence-corrected chi connectivity index (χ4v) is 3.39. The average Bonchev–Trinajstić information content (AvgIpc) is 3.05. The lowest BCUT2D eigenvalue weighted by Crippen LogP contribution is -2.11. The van der Waals surface area contributed by atoms with Crippen LogP contribution in [0, 0.1) is 0 Å². The first-order valence-electron chi connectivity index (χ1n) is 7.16. The van der Waals surface area contributed by atoms with E-state index in [-0.39, 0.29) is 5.91 Å². The summed E-state index contributed by atoms with van der Waals surface area (Å²) in [5, 5.41) is 5.34. The van der Waals surface area contributed by atoms with Crippen molar-refractivity contribution >= 4 is 34.1 Å². The smallest absolute Gasteiger partial charge is 0.257 e. The Morgan fingerprint density at radius 3 is 2.78 bits per heavy atom. The number of carbonyl (C=O) groups is 1. The summed E-state index contributed by atoms with van der Waals surface area (Å²) in [5.41, 5.74) is 2.38. The van der Waals surface area contributed by atoms with Crippen LogP contribution in [0.15, 0.2) is 59.1 Å². The predicted molar refractivity (Wildman–Crippen MR) is 96.1 cm³/mol. The van der Waals surface area contributed by atoms with Crippen molar-refractivity contribution in [2.45, 2.75) is 11.8 Å². The Bertz CT molecular complexity index is 785. The number of hydrogen-bond donors (Lipinski definition) is 1. The molecule has 3 aromatic rings. The first-order valence-corrected chi connectivity index (χ1v) is 9.03. The summed E-state index contributed by atoms with van der Waals surface area (Å²) in [4.78, 5) is 21.9. The maximum absolute atomic E-state index is 12.3. The van der Waals surface area contributed by atoms with Gasteiger partial charge in [-0.25, -0.2) is 4.98 Å². The number of hydrogen-bond acceptors (Lipinski definition) is 5. The van der Waals surface area contributed by atoms with E-state index >= 15 is 0 Å². The second kappa shape index (κ2) is 7.39. The average molecular weight is 341 g/mol. The summed E-state index contributed by atoms with van der Waals surface area (Å²) in [6.07, 6.45) is 3.48. The molecular weight excluding hydrogens is 326 g/mol. The summed E-state index contributed by atoms with van der Waals surface area (Å²) in [5.74, 6) is 0.868. The van der Waals surface area contributed by atoms with Gasteiger partial charge in [-0.15, -0.1) is 23.1 Å². The van der Waals surface area contributed by atoms with Gasteiger partial charge in [-0.2, -0.15) is 0 Å². The fourth-order valence-electron chi connectivity index (χ4n) is 2.02. The maximum atomic E-state index is 12.3. The summed E-state index contributed by atoms with van der Waals surface area (Å²) >= 11 is 3.16. The zero-order valence-corrected chi connectivity index (χ0v) is 14.2. The van der Waals surface area contributed by atoms with Crippen LogP contribution in [0.5, 0.6) is 0 Å². The van der Waals surface area contributed by atoms with E-state index in [0.717, 1.165) is 21.9 Å². The largest absolute Gasteiger partial charge is 0.298 e. The van der Waals surface area contributed by atoms with Crippen molar-refractivity contribution in [1.29, 1.82) is 0 Å². The van der Waals surface area contributed by atoms with Crippen molar-refractivity contribution in [3.8, 4) is 11.3 Å². The van der Waals surface area contributed by atoms with E-state index in [4.69, 9.17) is 0 Å². The summed E-state index contributed by atoms with van der Waals surface area (Å²) in [7, 11) is 0. The van der Waals surface area contributed by atoms with Gasteiger partial charge < -0.3 is 0 Å². The molecule has 1 amide bonds. The van der Waals surface area contributed by atoms with Gasteiger partial charge in [0.05, 0.1) is 5.69 Å². The molecule has 0 radical (unpaired) electrons. The number of rotatable bonds is 5. The third kappa shape index (κ3) is 3.97. The number of anilines is 1. The Morgan fingerprint density at radius 2 is 2.09 bits per heavy atom. The predicted octanol–water partition coefficient (Wildman–Crippen LogP) is 4.57. The highest BCUT2D eigenvalue weighted by molar-refractivity contribution is 7.99. The monoisotopic (exact) mass is 341 g/mol. The van der Waals surface area contributed by atoms with Crippen LogP contribution < -0.4 is 5.32 Å². The van der Waals surface area contributed by atoms with Gasteiger partial charge in [0.25, 0.3) is 5.91 Å². The van der Waals surface area contributed by atoms with E-state index < -0.39 is 0 Å². The highest BCUT2D eigenvalue weighted by Crippen LogP contribution is 2.24. The van der Waals surface area contributed by atoms with Gasteiger partial charge in [0.1, 0.15) is 0 Å². The Labute approximate surface area is 143 Å². The number of aromatic nitrogens is 2. The molecule has 2 aromatic heterocycles. The molecule has 0 bridgehead atoms. The first-order chi connectivity index (χ1) is 11.3. The molecule has 4 nitrogen and oxygen atoms in total. The van der Waals surface area contributed by atoms with Gasteiger partial charge >= 0.3 is 0 Å². The Balaban J connectivity index is 1.69. The van der Waals surface area contributed by atoms with Gasteiger partial charge in [-0.1, -0.05) is 6.92 Å². The number of benzene rings is 1. The van der Waals surface area contributed by atoms with Crippen molar-refractivity contribution in [2.75, 3.05) is 11.1 Å². The molecule has 0 saturated heterocycles. The third-order valence-corrected chi connectivity index (χ3v) is 4.76. The van der Waals surface area contributed by atoms with Crippen LogP contribution in [0.2, 0.25) is 0 Å². The Hall–Kier alpha value is -2.18. The van der Waals surface area contributed by atoms with E-state index in [1.807, 2.05) is 41.8 Å². The molecule has 0 aliphatic carbocycles. The standard InChI is InChI=1S/C17H15N3OS2/c1-2-22-14-7-5-12(6-8-14)16(21)20-17-19-15(11-23-17)13-4-3-9-18-10-13/h3-11H,2H2,1H3,(H,19,20,21). The van der Waals surface area contributed by atoms with Crippen LogP contribution in [0.25, 0.3) is 11.3 Å². The maximum Gasteiger partial charge on any atom is 0.257 e. The molecule has 3 rings (SSSR count). The molecule has 0 unspecified atom stereocenters. The molecule has 0 spiro atoms. The van der Waals surface area contributed by atoms with Crippen molar-refractivity contribution in [2.24, 2.45) is 0 Å². The van der Waals surface area contributed by atoms with Crippen molar-refractivity contribution < 1.29 is 4.79 Å². The second-order valence-electron chi connectivity index (χ2n) is 4.69. The Kier molecular flexibility index (Phi) is 5.05. The van der Waals surface area contributed by atoms with Gasteiger partial charge in [0.15, 0.2) is 5.13 Å². The number of nitrogens with one attached hydrogen (secondary N) is 1. The minimum Gasteiger partial charge on any atom is -0.298 e. The third-order valence-electron chi connectivity index (χ3n) is 3.11. The highest BCUT2D eigenvalue weighted by Gasteiger charge is 2.10. The van der Waals surface area contributed by atoms with Crippen molar-refractivity contribution in [3.63, 3.8) is 0 Å². The van der Waals surface area contributed by atoms with Gasteiger partial charge in [0.2, 0.25) is 0 Å². The molecule has 1 N–H and O–H groups in total. The van der Waals surface area contributed by atoms with Crippen LogP contribution in [0.4, 0.5) is 5.13 Å². The summed E-state index contributed by atoms with van der Waals surface area (Å²) < 4.78 is 0. The highest BCUT2D eigenvalue weighted by atomic mass is 32.2. The number of carbonyl (C=O) groups excluding carboxylic acids is 1. The first kappa shape index (κ1) is 15.7. The number of pyridine rings is 1. The second-order valence-corrected chi connectivity index (χ2v) is 6.89. The molecule has 116 valence electrons. The molecule has 0 aliphatic rings. The lowest BCUT2D eigenvalue weighted by molar-refractivity contribution is 0.102. The van der Waals surface area contributed by atoms with Crippen LogP contribution in [0.3, 0.4) is 0 Å². The molecule has 1 aromatic carbocycles. The van der Waals surface area contributed by atoms with Crippen LogP contribution >= 0.6 is 23.1 Å². The minimum absolute atomic E-state index is 0.148. The molecule has 2 heterocycles. The number of nitrogens with zero attached hydrogens (tertiary/aromatic N) is 2. The molecular formula is C17H15N3OS2. The summed E-state index contributed by atoms with van der Waals surface area (Å²) in [6, 6.07) is 11.4. The van der Waals surface area contributed by atoms with Crippen LogP contribution in [-0.4, -0.2) is 21.6 Å². The normalized spacial score (nSPS) is 10.5. The summed E-state index contributed by atoms with van der Waals surface area (Å²) in [6.45, 7) is 2.10. The number of thiazole rings is 1. The Morgan fingerprint density at radius 1 is 1.26 bits per heavy atom. The SMILES string of the molecule is CCSc1ccc(C(=O)Nc2nc(-c3cccnc3)cs2)cc1. The van der Waals surface area contributed by atoms with E-state index in [9.17, 15) is 4.79 Å². The van der Waals surface area contributed by atoms with E-state index in [1.165, 1.54) is 11.3 Å². The topological polar surface area (TPSA) is 54.9 Å². The molecule has 0 aliphatic heterocycles. The quantitative estimate of drug-likeness (QED) is 0.691. The van der Waals surface area contributed by atoms with E-state index in [1.54, 1.807) is 24.2 Å². The van der Waals surface area contributed by atoms with Crippen LogP contribution in [-0.2, 0) is 0 Å². The zero-order chi connectivity index (χ0) is 16.1. The zero-order valence-electron chi connectivity index (χ0n) is 12.5. The fraction of sp³-hybridized carbons (Fsp3) is 0.118. The number of amides is 1. The lowest BCUT2D eigenvalue weighted by Gasteiger charge is -2.03. The van der Waals surface area contributed by atoms with Gasteiger partial charge in [-0.05, 0) is 42.2 Å². The van der Waals surface area contributed by atoms with E-state index in [0.29, 0.717) is 10.7 Å². The van der Waals surface area contributed by atoms with Gasteiger partial charge in [-0.3, -0.25) is 15.1 Å². The van der Waals surface area contributed by atoms with E-state index in [2.05, 4.69) is 22.2 Å². The van der Waals surface area contributed by atoms with Crippen molar-refractivity contribution in [1.82, 2.24) is 9.97 Å². The molecule has 6 heteroatoms. The van der Waals surface area contributed by atoms with Crippen LogP contribution in [0.1, 0.15) is 17.3 Å². The lowest BCUT2D eigenvalue weighted by atomic mass is 10.2. The van der Waals surface area contributed by atoms with Gasteiger partial charge in [0, 0.05) is 33.8 Å². The molecule has 0 saturated carbocycles. The molecule has 0 fully saturated rings. The van der Waals surface area contributed by atoms with Crippen molar-refractivity contribution in [3.05, 3.63) is 59.7 Å².